The predicted octanol–water partition coefficient (Wildman–Crippen LogP) is 15.3. The third-order valence-corrected chi connectivity index (χ3v) is 12.6. The van der Waals surface area contributed by atoms with Gasteiger partial charge in [-0.15, -0.1) is 22.7 Å². The second-order valence-electron chi connectivity index (χ2n) is 13.3. The highest BCUT2D eigenvalue weighted by molar-refractivity contribution is 7.27. The van der Waals surface area contributed by atoms with Gasteiger partial charge in [0.05, 0.1) is 26.5 Å². The van der Waals surface area contributed by atoms with E-state index in [4.69, 9.17) is 4.42 Å². The van der Waals surface area contributed by atoms with Gasteiger partial charge in [-0.3, -0.25) is 0 Å². The molecule has 3 heterocycles. The molecule has 0 unspecified atom stereocenters. The summed E-state index contributed by atoms with van der Waals surface area (Å²) in [5.74, 6) is 0. The zero-order valence-electron chi connectivity index (χ0n) is 28.4. The maximum absolute atomic E-state index is 6.24. The molecule has 0 fully saturated rings. The molecule has 0 saturated heterocycles. The highest BCUT2D eigenvalue weighted by Crippen LogP contribution is 2.51. The van der Waals surface area contributed by atoms with Gasteiger partial charge in [-0.1, -0.05) is 103 Å². The summed E-state index contributed by atoms with van der Waals surface area (Å²) in [7, 11) is 0. The Morgan fingerprint density at radius 2 is 0.887 bits per heavy atom. The average molecular weight is 715 g/mol. The Bertz CT molecular complexity index is 3140. The molecule has 0 amide bonds. The van der Waals surface area contributed by atoms with Gasteiger partial charge in [-0.2, -0.15) is 0 Å². The van der Waals surface area contributed by atoms with Crippen molar-refractivity contribution in [2.45, 2.75) is 0 Å². The van der Waals surface area contributed by atoms with Gasteiger partial charge in [-0.25, -0.2) is 0 Å². The van der Waals surface area contributed by atoms with Crippen molar-refractivity contribution in [1.29, 1.82) is 0 Å². The van der Waals surface area contributed by atoms with Crippen LogP contribution in [-0.2, 0) is 0 Å². The van der Waals surface area contributed by atoms with E-state index in [2.05, 4.69) is 180 Å². The van der Waals surface area contributed by atoms with Crippen LogP contribution in [0.25, 0.3) is 62.3 Å². The third-order valence-electron chi connectivity index (χ3n) is 10.2. The molecule has 0 aliphatic heterocycles. The molecule has 250 valence electrons. The number of anilines is 6. The fourth-order valence-electron chi connectivity index (χ4n) is 7.93. The molecule has 11 aromatic rings. The van der Waals surface area contributed by atoms with Crippen molar-refractivity contribution in [1.82, 2.24) is 0 Å². The molecule has 0 aliphatic rings. The molecule has 3 aromatic heterocycles. The van der Waals surface area contributed by atoms with Gasteiger partial charge >= 0.3 is 0 Å². The number of hydrogen-bond donors (Lipinski definition) is 0. The van der Waals surface area contributed by atoms with Gasteiger partial charge in [0.1, 0.15) is 11.2 Å². The number of rotatable bonds is 6. The molecule has 0 aliphatic carbocycles. The predicted molar refractivity (Wildman–Crippen MR) is 229 cm³/mol. The van der Waals surface area contributed by atoms with Gasteiger partial charge in [0.15, 0.2) is 0 Å². The minimum atomic E-state index is 0.891. The standard InChI is InChI=1S/C48H30N2OS2/c1-3-14-31(15-4-1)49(33-28-29-43-38(30-33)34-18-7-9-25-42(34)51-43)40-23-12-21-37-46-39(22-13-27-45(46)53-48(37)40)50(32-16-5-2-6-17-32)41-24-11-20-36-35-19-8-10-26-44(35)52-47(36)41/h1-30H. The van der Waals surface area contributed by atoms with Crippen LogP contribution in [0.4, 0.5) is 34.1 Å². The molecule has 0 N–H and O–H groups in total. The lowest BCUT2D eigenvalue weighted by Gasteiger charge is -2.27. The lowest BCUT2D eigenvalue weighted by Crippen LogP contribution is -2.10. The zero-order valence-corrected chi connectivity index (χ0v) is 30.1. The van der Waals surface area contributed by atoms with Crippen molar-refractivity contribution in [3.05, 3.63) is 182 Å². The molecule has 5 heteroatoms. The highest BCUT2D eigenvalue weighted by atomic mass is 32.1. The van der Waals surface area contributed by atoms with Crippen LogP contribution in [0.1, 0.15) is 0 Å². The van der Waals surface area contributed by atoms with Crippen LogP contribution < -0.4 is 9.80 Å². The van der Waals surface area contributed by atoms with E-state index < -0.39 is 0 Å². The first-order valence-corrected chi connectivity index (χ1v) is 19.4. The van der Waals surface area contributed by atoms with E-state index in [1.54, 1.807) is 0 Å². The van der Waals surface area contributed by atoms with Crippen LogP contribution in [0, 0.1) is 0 Å². The summed E-state index contributed by atoms with van der Waals surface area (Å²) in [6, 6.07) is 65.4. The Labute approximate surface area is 313 Å². The smallest absolute Gasteiger partial charge is 0.135 e. The number of benzene rings is 8. The van der Waals surface area contributed by atoms with E-state index in [-0.39, 0.29) is 0 Å². The maximum atomic E-state index is 6.24. The van der Waals surface area contributed by atoms with E-state index in [0.717, 1.165) is 44.7 Å². The third kappa shape index (κ3) is 4.78. The number of para-hydroxylation sites is 3. The van der Waals surface area contributed by atoms with E-state index in [1.165, 1.54) is 51.7 Å². The molecule has 0 atom stereocenters. The van der Waals surface area contributed by atoms with E-state index >= 15 is 0 Å². The lowest BCUT2D eigenvalue weighted by molar-refractivity contribution is 0.669. The summed E-state index contributed by atoms with van der Waals surface area (Å²) in [6.45, 7) is 0. The average Bonchev–Trinajstić information content (AvgIpc) is 3.91. The second-order valence-corrected chi connectivity index (χ2v) is 15.4. The van der Waals surface area contributed by atoms with Crippen molar-refractivity contribution in [3.63, 3.8) is 0 Å². The molecular weight excluding hydrogens is 685 g/mol. The van der Waals surface area contributed by atoms with Gasteiger partial charge < -0.3 is 14.2 Å². The molecule has 0 radical (unpaired) electrons. The summed E-state index contributed by atoms with van der Waals surface area (Å²) in [5.41, 5.74) is 8.61. The molecule has 0 spiro atoms. The van der Waals surface area contributed by atoms with E-state index in [1.807, 2.05) is 34.8 Å². The Morgan fingerprint density at radius 1 is 0.340 bits per heavy atom. The highest BCUT2D eigenvalue weighted by Gasteiger charge is 2.24. The molecule has 53 heavy (non-hydrogen) atoms. The Kier molecular flexibility index (Phi) is 6.90. The lowest BCUT2D eigenvalue weighted by atomic mass is 10.1. The summed E-state index contributed by atoms with van der Waals surface area (Å²) in [5, 5.41) is 7.30. The Morgan fingerprint density at radius 3 is 1.70 bits per heavy atom. The minimum Gasteiger partial charge on any atom is -0.456 e. The van der Waals surface area contributed by atoms with Crippen molar-refractivity contribution >= 4 is 119 Å². The molecule has 11 rings (SSSR count). The summed E-state index contributed by atoms with van der Waals surface area (Å²) in [4.78, 5) is 4.86. The molecular formula is C48H30N2OS2. The van der Waals surface area contributed by atoms with Crippen molar-refractivity contribution in [2.75, 3.05) is 9.80 Å². The summed E-state index contributed by atoms with van der Waals surface area (Å²) < 4.78 is 11.3. The summed E-state index contributed by atoms with van der Waals surface area (Å²) >= 11 is 3.73. The zero-order chi connectivity index (χ0) is 34.9. The molecule has 0 bridgehead atoms. The fourth-order valence-corrected chi connectivity index (χ4v) is 10.4. The molecule has 3 nitrogen and oxygen atoms in total. The summed E-state index contributed by atoms with van der Waals surface area (Å²) in [6.07, 6.45) is 0. The topological polar surface area (TPSA) is 19.6 Å². The maximum Gasteiger partial charge on any atom is 0.135 e. The largest absolute Gasteiger partial charge is 0.456 e. The molecule has 8 aromatic carbocycles. The van der Waals surface area contributed by atoms with Crippen LogP contribution >= 0.6 is 22.7 Å². The van der Waals surface area contributed by atoms with Gasteiger partial charge in [-0.05, 0) is 78.9 Å². The van der Waals surface area contributed by atoms with Crippen LogP contribution in [-0.4, -0.2) is 0 Å². The van der Waals surface area contributed by atoms with Gasteiger partial charge in [0.25, 0.3) is 0 Å². The number of nitrogens with zero attached hydrogens (tertiary/aromatic N) is 2. The number of hydrogen-bond acceptors (Lipinski definition) is 5. The van der Waals surface area contributed by atoms with Crippen LogP contribution in [0.5, 0.6) is 0 Å². The number of thiophene rings is 2. The van der Waals surface area contributed by atoms with Crippen molar-refractivity contribution in [2.24, 2.45) is 0 Å². The van der Waals surface area contributed by atoms with Gasteiger partial charge in [0, 0.05) is 58.8 Å². The van der Waals surface area contributed by atoms with Crippen LogP contribution in [0.2, 0.25) is 0 Å². The second kappa shape index (κ2) is 12.1. The van der Waals surface area contributed by atoms with Crippen molar-refractivity contribution < 1.29 is 4.42 Å². The Hall–Kier alpha value is -6.40. The first-order chi connectivity index (χ1) is 26.3. The quantitative estimate of drug-likeness (QED) is 0.171. The normalized spacial score (nSPS) is 11.8. The van der Waals surface area contributed by atoms with E-state index in [0.29, 0.717) is 0 Å². The number of furan rings is 1. The van der Waals surface area contributed by atoms with Crippen molar-refractivity contribution in [3.8, 4) is 0 Å². The monoisotopic (exact) mass is 714 g/mol. The van der Waals surface area contributed by atoms with Gasteiger partial charge in [0.2, 0.25) is 0 Å². The van der Waals surface area contributed by atoms with Crippen LogP contribution in [0.15, 0.2) is 186 Å². The minimum absolute atomic E-state index is 0.891. The first-order valence-electron chi connectivity index (χ1n) is 17.8. The SMILES string of the molecule is c1ccc(N(c2ccc3oc4ccccc4c3c2)c2cccc3c2sc2cccc(N(c4ccccc4)c4cccc5c4sc4ccccc45)c23)cc1. The fraction of sp³-hybridized carbons (Fsp3) is 0. The Balaban J connectivity index is 1.16. The first kappa shape index (κ1) is 30.2. The van der Waals surface area contributed by atoms with Crippen LogP contribution in [0.3, 0.4) is 0 Å². The molecule has 0 saturated carbocycles. The van der Waals surface area contributed by atoms with E-state index in [9.17, 15) is 0 Å². The number of fused-ring (bicyclic) bond motifs is 9.